The molecule has 2 N–H and O–H groups in total. The Morgan fingerprint density at radius 3 is 2.74 bits per heavy atom. The Labute approximate surface area is 170 Å². The van der Waals surface area contributed by atoms with Gasteiger partial charge in [0.15, 0.2) is 0 Å². The molecule has 10 heteroatoms. The molecule has 0 aliphatic carbocycles. The van der Waals surface area contributed by atoms with Gasteiger partial charge in [-0.1, -0.05) is 15.9 Å². The molecule has 2 amide bonds. The van der Waals surface area contributed by atoms with E-state index in [0.29, 0.717) is 17.6 Å². The number of carbonyl (C=O) groups excluding carboxylic acids is 2. The molecule has 2 rings (SSSR count). The molecule has 1 aromatic carbocycles. The smallest absolute Gasteiger partial charge is 0.294 e. The Bertz CT molecular complexity index is 744. The van der Waals surface area contributed by atoms with Gasteiger partial charge in [0.1, 0.15) is 11.6 Å². The lowest BCUT2D eigenvalue weighted by Crippen LogP contribution is -2.46. The van der Waals surface area contributed by atoms with E-state index in [2.05, 4.69) is 26.6 Å². The SMILES string of the molecule is CC(C)NC(=O)c1cc(Br)cc([N+](=O)[O-])c1N[C@@H]1CCCN(C(=O)CCl)C1. The summed E-state index contributed by atoms with van der Waals surface area (Å²) in [6.07, 6.45) is 1.47. The molecule has 27 heavy (non-hydrogen) atoms. The molecule has 1 saturated heterocycles. The van der Waals surface area contributed by atoms with Crippen LogP contribution in [-0.4, -0.2) is 52.7 Å². The fourth-order valence-corrected chi connectivity index (χ4v) is 3.63. The molecule has 1 aliphatic heterocycles. The summed E-state index contributed by atoms with van der Waals surface area (Å²) in [5.41, 5.74) is 0.149. The third-order valence-electron chi connectivity index (χ3n) is 4.18. The molecule has 0 spiro atoms. The zero-order valence-electron chi connectivity index (χ0n) is 15.1. The van der Waals surface area contributed by atoms with Crippen LogP contribution in [0.3, 0.4) is 0 Å². The number of halogens is 2. The van der Waals surface area contributed by atoms with E-state index in [0.717, 1.165) is 12.8 Å². The highest BCUT2D eigenvalue weighted by molar-refractivity contribution is 9.10. The Balaban J connectivity index is 2.37. The van der Waals surface area contributed by atoms with Gasteiger partial charge in [0.05, 0.1) is 10.5 Å². The second kappa shape index (κ2) is 9.36. The van der Waals surface area contributed by atoms with Crippen LogP contribution in [-0.2, 0) is 4.79 Å². The number of alkyl halides is 1. The lowest BCUT2D eigenvalue weighted by molar-refractivity contribution is -0.384. The highest BCUT2D eigenvalue weighted by Gasteiger charge is 2.29. The molecule has 1 heterocycles. The van der Waals surface area contributed by atoms with Crippen LogP contribution in [0.25, 0.3) is 0 Å². The van der Waals surface area contributed by atoms with Crippen molar-refractivity contribution in [2.45, 2.75) is 38.8 Å². The minimum Gasteiger partial charge on any atom is -0.374 e. The number of likely N-dealkylation sites (tertiary alicyclic amines) is 1. The third-order valence-corrected chi connectivity index (χ3v) is 4.87. The van der Waals surface area contributed by atoms with Crippen LogP contribution < -0.4 is 10.6 Å². The first-order valence-electron chi connectivity index (χ1n) is 8.62. The van der Waals surface area contributed by atoms with Crippen molar-refractivity contribution in [2.24, 2.45) is 0 Å². The van der Waals surface area contributed by atoms with Crippen molar-refractivity contribution in [3.63, 3.8) is 0 Å². The number of carbonyl (C=O) groups is 2. The van der Waals surface area contributed by atoms with Gasteiger partial charge in [0.25, 0.3) is 11.6 Å². The topological polar surface area (TPSA) is 105 Å². The molecule has 0 bridgehead atoms. The number of nitrogens with one attached hydrogen (secondary N) is 2. The van der Waals surface area contributed by atoms with Crippen molar-refractivity contribution in [2.75, 3.05) is 24.3 Å². The molecule has 0 radical (unpaired) electrons. The van der Waals surface area contributed by atoms with Gasteiger partial charge in [-0.15, -0.1) is 11.6 Å². The van der Waals surface area contributed by atoms with E-state index in [1.165, 1.54) is 6.07 Å². The van der Waals surface area contributed by atoms with Gasteiger partial charge in [0, 0.05) is 35.7 Å². The molecule has 148 valence electrons. The Morgan fingerprint density at radius 1 is 1.44 bits per heavy atom. The average Bonchev–Trinajstić information content (AvgIpc) is 2.61. The van der Waals surface area contributed by atoms with E-state index in [1.54, 1.807) is 11.0 Å². The minimum atomic E-state index is -0.524. The largest absolute Gasteiger partial charge is 0.374 e. The van der Waals surface area contributed by atoms with Crippen molar-refractivity contribution in [3.05, 3.63) is 32.3 Å². The number of hydrogen-bond acceptors (Lipinski definition) is 5. The van der Waals surface area contributed by atoms with Crippen LogP contribution in [0.5, 0.6) is 0 Å². The molecule has 1 fully saturated rings. The number of piperidine rings is 1. The number of nitro benzene ring substituents is 1. The summed E-state index contributed by atoms with van der Waals surface area (Å²) >= 11 is 8.87. The predicted octanol–water partition coefficient (Wildman–Crippen LogP) is 3.14. The monoisotopic (exact) mass is 460 g/mol. The summed E-state index contributed by atoms with van der Waals surface area (Å²) in [6, 6.07) is 2.59. The van der Waals surface area contributed by atoms with Crippen molar-refractivity contribution < 1.29 is 14.5 Å². The van der Waals surface area contributed by atoms with E-state index in [-0.39, 0.29) is 40.8 Å². The molecule has 1 atom stereocenters. The van der Waals surface area contributed by atoms with Crippen LogP contribution in [0.15, 0.2) is 16.6 Å². The zero-order chi connectivity index (χ0) is 20.1. The van der Waals surface area contributed by atoms with Gasteiger partial charge in [-0.3, -0.25) is 19.7 Å². The second-order valence-electron chi connectivity index (χ2n) is 6.69. The Kier molecular flexibility index (Phi) is 7.43. The van der Waals surface area contributed by atoms with Gasteiger partial charge in [0.2, 0.25) is 5.91 Å². The second-order valence-corrected chi connectivity index (χ2v) is 7.87. The number of rotatable bonds is 6. The van der Waals surface area contributed by atoms with Gasteiger partial charge >= 0.3 is 0 Å². The first kappa shape index (κ1) is 21.4. The fraction of sp³-hybridized carbons (Fsp3) is 0.529. The maximum Gasteiger partial charge on any atom is 0.294 e. The molecule has 0 unspecified atom stereocenters. The highest BCUT2D eigenvalue weighted by atomic mass is 79.9. The Hall–Kier alpha value is -1.87. The third kappa shape index (κ3) is 5.55. The van der Waals surface area contributed by atoms with E-state index >= 15 is 0 Å². The van der Waals surface area contributed by atoms with Crippen LogP contribution in [0.1, 0.15) is 37.0 Å². The minimum absolute atomic E-state index is 0.104. The number of amides is 2. The van der Waals surface area contributed by atoms with Crippen molar-refractivity contribution in [1.82, 2.24) is 10.2 Å². The Morgan fingerprint density at radius 2 is 2.15 bits per heavy atom. The molecule has 8 nitrogen and oxygen atoms in total. The first-order valence-corrected chi connectivity index (χ1v) is 9.94. The van der Waals surface area contributed by atoms with Gasteiger partial charge in [-0.05, 0) is 32.8 Å². The van der Waals surface area contributed by atoms with Crippen LogP contribution in [0, 0.1) is 10.1 Å². The maximum atomic E-state index is 12.6. The van der Waals surface area contributed by atoms with Gasteiger partial charge in [-0.2, -0.15) is 0 Å². The van der Waals surface area contributed by atoms with Gasteiger partial charge < -0.3 is 15.5 Å². The number of anilines is 1. The number of nitrogens with zero attached hydrogens (tertiary/aromatic N) is 2. The van der Waals surface area contributed by atoms with E-state index < -0.39 is 10.8 Å². The quantitative estimate of drug-likeness (QED) is 0.385. The standard InChI is InChI=1S/C17H22BrClN4O4/c1-10(2)20-17(25)13-6-11(18)7-14(23(26)27)16(13)21-12-4-3-5-22(9-12)15(24)8-19/h6-7,10,12,21H,3-5,8-9H2,1-2H3,(H,20,25)/t12-/m1/s1. The predicted molar refractivity (Wildman–Crippen MR) is 107 cm³/mol. The fourth-order valence-electron chi connectivity index (χ4n) is 3.02. The van der Waals surface area contributed by atoms with Crippen molar-refractivity contribution in [3.8, 4) is 0 Å². The van der Waals surface area contributed by atoms with Gasteiger partial charge in [-0.25, -0.2) is 0 Å². The van der Waals surface area contributed by atoms with Crippen molar-refractivity contribution >= 4 is 50.7 Å². The maximum absolute atomic E-state index is 12.6. The average molecular weight is 462 g/mol. The summed E-state index contributed by atoms with van der Waals surface area (Å²) in [5, 5.41) is 17.5. The van der Waals surface area contributed by atoms with E-state index in [1.807, 2.05) is 13.8 Å². The molecular formula is C17H22BrClN4O4. The highest BCUT2D eigenvalue weighted by Crippen LogP contribution is 2.34. The van der Waals surface area contributed by atoms with Crippen LogP contribution in [0.2, 0.25) is 0 Å². The summed E-state index contributed by atoms with van der Waals surface area (Å²) in [5.74, 6) is -0.680. The van der Waals surface area contributed by atoms with Crippen molar-refractivity contribution in [1.29, 1.82) is 0 Å². The summed E-state index contributed by atoms with van der Waals surface area (Å²) < 4.78 is 0.441. The summed E-state index contributed by atoms with van der Waals surface area (Å²) in [6.45, 7) is 4.61. The van der Waals surface area contributed by atoms with Crippen LogP contribution >= 0.6 is 27.5 Å². The normalized spacial score (nSPS) is 16.9. The number of nitro groups is 1. The first-order chi connectivity index (χ1) is 12.7. The number of hydrogen-bond donors (Lipinski definition) is 2. The molecule has 1 aromatic rings. The molecule has 1 aliphatic rings. The lowest BCUT2D eigenvalue weighted by Gasteiger charge is -2.33. The van der Waals surface area contributed by atoms with E-state index in [9.17, 15) is 19.7 Å². The lowest BCUT2D eigenvalue weighted by atomic mass is 10.0. The molecule has 0 aromatic heterocycles. The van der Waals surface area contributed by atoms with E-state index in [4.69, 9.17) is 11.6 Å². The zero-order valence-corrected chi connectivity index (χ0v) is 17.5. The number of benzene rings is 1. The van der Waals surface area contributed by atoms with Crippen LogP contribution in [0.4, 0.5) is 11.4 Å². The summed E-state index contributed by atoms with van der Waals surface area (Å²) in [7, 11) is 0. The molecule has 0 saturated carbocycles. The summed E-state index contributed by atoms with van der Waals surface area (Å²) in [4.78, 5) is 37.1. The molecular weight excluding hydrogens is 440 g/mol.